The lowest BCUT2D eigenvalue weighted by molar-refractivity contribution is 0.0498. The van der Waals surface area contributed by atoms with Gasteiger partial charge in [0.1, 0.15) is 0 Å². The summed E-state index contributed by atoms with van der Waals surface area (Å²) in [5.74, 6) is 0.00413. The molecule has 0 saturated heterocycles. The molecule has 2 aliphatic carbocycles. The van der Waals surface area contributed by atoms with E-state index < -0.39 is 0 Å². The fraction of sp³-hybridized carbons (Fsp3) is 0.267. The molecule has 3 nitrogen and oxygen atoms in total. The number of fused-ring (bicyclic) bond motifs is 1. The van der Waals surface area contributed by atoms with Crippen molar-refractivity contribution in [3.05, 3.63) is 114 Å². The minimum Gasteiger partial charge on any atom is -0.462 e. The molecule has 0 bridgehead atoms. The Morgan fingerprint density at radius 2 is 2.15 bits per heavy atom. The van der Waals surface area contributed by atoms with Crippen LogP contribution in [0.25, 0.3) is 5.57 Å². The largest absolute Gasteiger partial charge is 0.462 e. The van der Waals surface area contributed by atoms with Crippen molar-refractivity contribution in [1.82, 2.24) is 0 Å². The van der Waals surface area contributed by atoms with E-state index in [0.717, 1.165) is 42.4 Å². The third kappa shape index (κ3) is 5.79. The Hall–Kier alpha value is -3.64. The predicted molar refractivity (Wildman–Crippen MR) is 135 cm³/mol. The van der Waals surface area contributed by atoms with Gasteiger partial charge in [-0.2, -0.15) is 5.26 Å². The van der Waals surface area contributed by atoms with Crippen LogP contribution in [0.2, 0.25) is 0 Å². The number of esters is 1. The summed E-state index contributed by atoms with van der Waals surface area (Å²) >= 11 is 0. The topological polar surface area (TPSA) is 50.1 Å². The fourth-order valence-electron chi connectivity index (χ4n) is 4.49. The van der Waals surface area contributed by atoms with Gasteiger partial charge in [0.05, 0.1) is 18.2 Å². The van der Waals surface area contributed by atoms with Crippen LogP contribution in [-0.2, 0) is 4.74 Å². The maximum Gasteiger partial charge on any atom is 0.338 e. The number of ether oxygens (including phenoxy) is 1. The SMILES string of the molecule is C=C/C=C1/CC2C=C(C#N)C=CC2C(c2cccc(C(=O)OCCCCC=C)c2)=C1/C=C\C. The average Bonchev–Trinajstić information content (AvgIpc) is 2.84. The summed E-state index contributed by atoms with van der Waals surface area (Å²) in [4.78, 5) is 12.7. The van der Waals surface area contributed by atoms with Crippen molar-refractivity contribution in [3.63, 3.8) is 0 Å². The lowest BCUT2D eigenvalue weighted by Crippen LogP contribution is -2.23. The van der Waals surface area contributed by atoms with E-state index in [-0.39, 0.29) is 17.8 Å². The molecule has 0 fully saturated rings. The number of nitriles is 1. The molecule has 0 saturated carbocycles. The number of carbonyl (C=O) groups is 1. The van der Waals surface area contributed by atoms with Crippen LogP contribution < -0.4 is 0 Å². The number of unbranched alkanes of at least 4 members (excludes halogenated alkanes) is 2. The molecular weight excluding hydrogens is 406 g/mol. The first-order valence-electron chi connectivity index (χ1n) is 11.5. The van der Waals surface area contributed by atoms with E-state index in [1.807, 2.05) is 55.5 Å². The quantitative estimate of drug-likeness (QED) is 0.231. The molecule has 168 valence electrons. The van der Waals surface area contributed by atoms with Crippen molar-refractivity contribution in [2.45, 2.75) is 32.6 Å². The van der Waals surface area contributed by atoms with Gasteiger partial charge < -0.3 is 4.74 Å². The third-order valence-electron chi connectivity index (χ3n) is 5.99. The molecule has 0 aromatic heterocycles. The highest BCUT2D eigenvalue weighted by Crippen LogP contribution is 2.47. The van der Waals surface area contributed by atoms with Gasteiger partial charge in [0.25, 0.3) is 0 Å². The van der Waals surface area contributed by atoms with Crippen LogP contribution in [-0.4, -0.2) is 12.6 Å². The summed E-state index contributed by atoms with van der Waals surface area (Å²) in [6.45, 7) is 10.0. The van der Waals surface area contributed by atoms with Crippen LogP contribution in [0.1, 0.15) is 48.5 Å². The molecule has 2 unspecified atom stereocenters. The third-order valence-corrected chi connectivity index (χ3v) is 5.99. The Morgan fingerprint density at radius 3 is 2.88 bits per heavy atom. The van der Waals surface area contributed by atoms with Gasteiger partial charge >= 0.3 is 5.97 Å². The molecule has 0 radical (unpaired) electrons. The normalized spacial score (nSPS) is 20.8. The van der Waals surface area contributed by atoms with Crippen molar-refractivity contribution in [2.24, 2.45) is 11.8 Å². The van der Waals surface area contributed by atoms with E-state index in [9.17, 15) is 10.1 Å². The van der Waals surface area contributed by atoms with Gasteiger partial charge in [-0.15, -0.1) is 6.58 Å². The molecule has 3 rings (SSSR count). The highest BCUT2D eigenvalue weighted by molar-refractivity contribution is 5.91. The molecule has 0 aliphatic heterocycles. The van der Waals surface area contributed by atoms with Gasteiger partial charge in [-0.05, 0) is 79.0 Å². The number of carbonyl (C=O) groups excluding carboxylic acids is 1. The number of hydrogen-bond acceptors (Lipinski definition) is 3. The molecule has 0 N–H and O–H groups in total. The Labute approximate surface area is 197 Å². The predicted octanol–water partition coefficient (Wildman–Crippen LogP) is 7.30. The Kier molecular flexibility index (Phi) is 8.61. The lowest BCUT2D eigenvalue weighted by atomic mass is 9.68. The molecule has 0 amide bonds. The Morgan fingerprint density at radius 1 is 1.30 bits per heavy atom. The number of allylic oxidation sites excluding steroid dienone is 12. The van der Waals surface area contributed by atoms with Gasteiger partial charge in [0, 0.05) is 11.5 Å². The van der Waals surface area contributed by atoms with Gasteiger partial charge in [-0.3, -0.25) is 0 Å². The van der Waals surface area contributed by atoms with Crippen LogP contribution in [0.5, 0.6) is 0 Å². The Bertz CT molecular complexity index is 1100. The van der Waals surface area contributed by atoms with Crippen LogP contribution in [0.15, 0.2) is 103 Å². The molecular formula is C30H31NO2. The Balaban J connectivity index is 2.00. The van der Waals surface area contributed by atoms with Crippen molar-refractivity contribution >= 4 is 11.5 Å². The fourth-order valence-corrected chi connectivity index (χ4v) is 4.49. The monoisotopic (exact) mass is 437 g/mol. The second-order valence-electron chi connectivity index (χ2n) is 8.24. The second kappa shape index (κ2) is 11.8. The highest BCUT2D eigenvalue weighted by Gasteiger charge is 2.33. The van der Waals surface area contributed by atoms with Gasteiger partial charge in [0.2, 0.25) is 0 Å². The first-order valence-corrected chi connectivity index (χ1v) is 11.5. The molecule has 33 heavy (non-hydrogen) atoms. The van der Waals surface area contributed by atoms with E-state index in [1.165, 1.54) is 5.57 Å². The molecule has 0 heterocycles. The highest BCUT2D eigenvalue weighted by atomic mass is 16.5. The van der Waals surface area contributed by atoms with Crippen LogP contribution in [0, 0.1) is 23.2 Å². The van der Waals surface area contributed by atoms with Crippen LogP contribution in [0.3, 0.4) is 0 Å². The molecule has 1 aromatic rings. The van der Waals surface area contributed by atoms with Gasteiger partial charge in [0.15, 0.2) is 0 Å². The second-order valence-corrected chi connectivity index (χ2v) is 8.24. The number of rotatable bonds is 9. The smallest absolute Gasteiger partial charge is 0.338 e. The summed E-state index contributed by atoms with van der Waals surface area (Å²) in [5, 5.41) is 9.41. The van der Waals surface area contributed by atoms with Crippen molar-refractivity contribution in [3.8, 4) is 6.07 Å². The lowest BCUT2D eigenvalue weighted by Gasteiger charge is -2.35. The minimum atomic E-state index is -0.302. The maximum atomic E-state index is 12.7. The van der Waals surface area contributed by atoms with E-state index in [4.69, 9.17) is 4.74 Å². The maximum absolute atomic E-state index is 12.7. The average molecular weight is 438 g/mol. The summed E-state index contributed by atoms with van der Waals surface area (Å²) in [6, 6.07) is 9.95. The summed E-state index contributed by atoms with van der Waals surface area (Å²) in [7, 11) is 0. The minimum absolute atomic E-state index is 0.125. The summed E-state index contributed by atoms with van der Waals surface area (Å²) in [6.07, 6.45) is 19.5. The zero-order chi connectivity index (χ0) is 23.6. The molecule has 0 spiro atoms. The van der Waals surface area contributed by atoms with Crippen molar-refractivity contribution in [2.75, 3.05) is 6.61 Å². The first-order chi connectivity index (χ1) is 16.1. The first kappa shape index (κ1) is 24.0. The summed E-state index contributed by atoms with van der Waals surface area (Å²) in [5.41, 5.74) is 5.71. The molecule has 2 aliphatic rings. The number of benzene rings is 1. The number of hydrogen-bond donors (Lipinski definition) is 0. The van der Waals surface area contributed by atoms with Gasteiger partial charge in [-0.25, -0.2) is 4.79 Å². The van der Waals surface area contributed by atoms with E-state index in [0.29, 0.717) is 17.7 Å². The van der Waals surface area contributed by atoms with Crippen LogP contribution >= 0.6 is 0 Å². The van der Waals surface area contributed by atoms with E-state index in [1.54, 1.807) is 6.07 Å². The van der Waals surface area contributed by atoms with E-state index >= 15 is 0 Å². The van der Waals surface area contributed by atoms with E-state index in [2.05, 4.69) is 37.5 Å². The zero-order valence-electron chi connectivity index (χ0n) is 19.3. The summed E-state index contributed by atoms with van der Waals surface area (Å²) < 4.78 is 5.50. The zero-order valence-corrected chi connectivity index (χ0v) is 19.3. The van der Waals surface area contributed by atoms with Gasteiger partial charge in [-0.1, -0.05) is 61.2 Å². The molecule has 1 aromatic carbocycles. The number of nitrogens with zero attached hydrogens (tertiary/aromatic N) is 1. The van der Waals surface area contributed by atoms with Crippen molar-refractivity contribution < 1.29 is 9.53 Å². The molecule has 3 heteroatoms. The van der Waals surface area contributed by atoms with Crippen molar-refractivity contribution in [1.29, 1.82) is 5.26 Å². The standard InChI is InChI=1S/C30H31NO2/c1-4-7-8-9-17-33-30(32)25-14-10-13-24(20-25)29-27(12-6-3)23(11-5-2)19-26-18-22(21-31)15-16-28(26)29/h4-6,10-16,18,20,26,28H,1-2,7-9,17,19H2,3H3/b12-6-,23-11-. The molecule has 2 atom stereocenters. The van der Waals surface area contributed by atoms with Crippen LogP contribution in [0.4, 0.5) is 0 Å².